The van der Waals surface area contributed by atoms with Crippen molar-refractivity contribution in [2.24, 2.45) is 0 Å². The molecule has 0 saturated heterocycles. The largest absolute Gasteiger partial charge is 0.492 e. The van der Waals surface area contributed by atoms with Gasteiger partial charge in [-0.2, -0.15) is 0 Å². The van der Waals surface area contributed by atoms with Crippen molar-refractivity contribution in [1.29, 1.82) is 0 Å². The maximum absolute atomic E-state index is 12.7. The molecule has 0 aromatic heterocycles. The lowest BCUT2D eigenvalue weighted by atomic mass is 10.2. The van der Waals surface area contributed by atoms with Crippen molar-refractivity contribution in [1.82, 2.24) is 9.80 Å². The zero-order chi connectivity index (χ0) is 20.1. The smallest absolute Gasteiger partial charge is 0.152 e. The number of rotatable bonds is 6. The highest BCUT2D eigenvalue weighted by Gasteiger charge is 2.20. The van der Waals surface area contributed by atoms with Crippen LogP contribution in [0.1, 0.15) is 11.1 Å². The number of para-hydroxylation sites is 2. The first-order chi connectivity index (χ1) is 14.1. The van der Waals surface area contributed by atoms with Crippen molar-refractivity contribution >= 4 is 9.84 Å². The molecule has 6 nitrogen and oxygen atoms in total. The highest BCUT2D eigenvalue weighted by Crippen LogP contribution is 2.23. The molecule has 2 heterocycles. The molecule has 0 bridgehead atoms. The summed E-state index contributed by atoms with van der Waals surface area (Å²) < 4.78 is 36.9. The Hall–Kier alpha value is -2.09. The lowest BCUT2D eigenvalue weighted by Gasteiger charge is -2.21. The van der Waals surface area contributed by atoms with Crippen LogP contribution in [0.15, 0.2) is 48.5 Å². The predicted octanol–water partition coefficient (Wildman–Crippen LogP) is 2.19. The molecule has 0 radical (unpaired) electrons. The van der Waals surface area contributed by atoms with Crippen LogP contribution >= 0.6 is 0 Å². The van der Waals surface area contributed by atoms with E-state index in [1.54, 1.807) is 0 Å². The summed E-state index contributed by atoms with van der Waals surface area (Å²) in [5.74, 6) is 2.16. The van der Waals surface area contributed by atoms with Gasteiger partial charge in [-0.15, -0.1) is 0 Å². The lowest BCUT2D eigenvalue weighted by molar-refractivity contribution is 0.232. The van der Waals surface area contributed by atoms with E-state index in [-0.39, 0.29) is 11.5 Å². The molecule has 0 fully saturated rings. The molecule has 0 spiro atoms. The maximum atomic E-state index is 12.7. The standard InChI is InChI=1S/C22H28N2O4S/c25-29(26,15-11-23-9-13-27-21-7-3-1-5-19(21)17-23)16-12-24-10-14-28-22-8-4-2-6-20(22)18-24/h1-8H,9-18H2. The summed E-state index contributed by atoms with van der Waals surface area (Å²) in [7, 11) is -3.12. The minimum atomic E-state index is -3.12. The molecule has 4 rings (SSSR count). The quantitative estimate of drug-likeness (QED) is 0.720. The average molecular weight is 417 g/mol. The molecule has 0 unspecified atom stereocenters. The number of hydrogen-bond donors (Lipinski definition) is 0. The van der Waals surface area contributed by atoms with Crippen LogP contribution in [0, 0.1) is 0 Å². The Balaban J connectivity index is 1.28. The SMILES string of the molecule is O=S(=O)(CCN1CCOc2ccccc2C1)CCN1CCOc2ccccc2C1. The Morgan fingerprint density at radius 1 is 0.724 bits per heavy atom. The van der Waals surface area contributed by atoms with Crippen LogP contribution in [0.4, 0.5) is 0 Å². The first-order valence-corrected chi connectivity index (χ1v) is 12.0. The molecule has 0 saturated carbocycles. The minimum absolute atomic E-state index is 0.177. The molecule has 0 amide bonds. The third-order valence-corrected chi connectivity index (χ3v) is 7.11. The fourth-order valence-electron chi connectivity index (χ4n) is 3.78. The summed E-state index contributed by atoms with van der Waals surface area (Å²) in [6, 6.07) is 15.9. The van der Waals surface area contributed by atoms with Gasteiger partial charge in [0.15, 0.2) is 9.84 Å². The third kappa shape index (κ3) is 5.50. The van der Waals surface area contributed by atoms with E-state index < -0.39 is 9.84 Å². The zero-order valence-electron chi connectivity index (χ0n) is 16.6. The summed E-state index contributed by atoms with van der Waals surface area (Å²) >= 11 is 0. The van der Waals surface area contributed by atoms with Crippen LogP contribution in [-0.2, 0) is 22.9 Å². The van der Waals surface area contributed by atoms with Gasteiger partial charge in [-0.3, -0.25) is 9.80 Å². The second-order valence-electron chi connectivity index (χ2n) is 7.62. The highest BCUT2D eigenvalue weighted by molar-refractivity contribution is 7.91. The van der Waals surface area contributed by atoms with E-state index in [1.165, 1.54) is 0 Å². The number of fused-ring (bicyclic) bond motifs is 2. The van der Waals surface area contributed by atoms with Gasteiger partial charge in [0.05, 0.1) is 11.5 Å². The molecule has 2 aliphatic heterocycles. The van der Waals surface area contributed by atoms with E-state index in [0.29, 0.717) is 26.3 Å². The number of sulfone groups is 1. The predicted molar refractivity (Wildman–Crippen MR) is 113 cm³/mol. The Morgan fingerprint density at radius 3 is 1.66 bits per heavy atom. The molecular formula is C22H28N2O4S. The van der Waals surface area contributed by atoms with Crippen LogP contribution in [0.2, 0.25) is 0 Å². The molecular weight excluding hydrogens is 388 g/mol. The van der Waals surface area contributed by atoms with Crippen LogP contribution in [0.25, 0.3) is 0 Å². The van der Waals surface area contributed by atoms with Gasteiger partial charge >= 0.3 is 0 Å². The van der Waals surface area contributed by atoms with E-state index in [0.717, 1.165) is 48.8 Å². The fraction of sp³-hybridized carbons (Fsp3) is 0.455. The van der Waals surface area contributed by atoms with Gasteiger partial charge in [0.1, 0.15) is 24.7 Å². The van der Waals surface area contributed by atoms with Gasteiger partial charge in [0, 0.05) is 50.4 Å². The normalized spacial score (nSPS) is 17.9. The molecule has 2 aliphatic rings. The Labute approximate surface area is 172 Å². The molecule has 0 aliphatic carbocycles. The van der Waals surface area contributed by atoms with Crippen molar-refractivity contribution in [3.05, 3.63) is 59.7 Å². The molecule has 7 heteroatoms. The van der Waals surface area contributed by atoms with Crippen molar-refractivity contribution in [3.63, 3.8) is 0 Å². The van der Waals surface area contributed by atoms with Gasteiger partial charge in [0.25, 0.3) is 0 Å². The number of nitrogens with zero attached hydrogens (tertiary/aromatic N) is 2. The van der Waals surface area contributed by atoms with E-state index in [2.05, 4.69) is 9.80 Å². The summed E-state index contributed by atoms with van der Waals surface area (Å²) in [4.78, 5) is 4.33. The zero-order valence-corrected chi connectivity index (χ0v) is 17.4. The van der Waals surface area contributed by atoms with E-state index >= 15 is 0 Å². The Morgan fingerprint density at radius 2 is 1.17 bits per heavy atom. The number of hydrogen-bond acceptors (Lipinski definition) is 6. The van der Waals surface area contributed by atoms with E-state index in [9.17, 15) is 8.42 Å². The van der Waals surface area contributed by atoms with Crippen LogP contribution < -0.4 is 9.47 Å². The second kappa shape index (κ2) is 9.15. The first-order valence-electron chi connectivity index (χ1n) is 10.2. The topological polar surface area (TPSA) is 59.1 Å². The van der Waals surface area contributed by atoms with Crippen LogP contribution in [-0.4, -0.2) is 69.1 Å². The molecule has 0 N–H and O–H groups in total. The lowest BCUT2D eigenvalue weighted by Crippen LogP contribution is -2.35. The van der Waals surface area contributed by atoms with Gasteiger partial charge in [-0.25, -0.2) is 8.42 Å². The third-order valence-electron chi connectivity index (χ3n) is 5.50. The average Bonchev–Trinajstić information content (AvgIpc) is 3.06. The Bertz CT molecular complexity index is 862. The van der Waals surface area contributed by atoms with Gasteiger partial charge in [-0.05, 0) is 12.1 Å². The van der Waals surface area contributed by atoms with Crippen LogP contribution in [0.3, 0.4) is 0 Å². The van der Waals surface area contributed by atoms with Crippen molar-refractivity contribution in [3.8, 4) is 11.5 Å². The van der Waals surface area contributed by atoms with Gasteiger partial charge < -0.3 is 9.47 Å². The van der Waals surface area contributed by atoms with Crippen molar-refractivity contribution < 1.29 is 17.9 Å². The maximum Gasteiger partial charge on any atom is 0.152 e. The van der Waals surface area contributed by atoms with Crippen LogP contribution in [0.5, 0.6) is 11.5 Å². The second-order valence-corrected chi connectivity index (χ2v) is 9.92. The summed E-state index contributed by atoms with van der Waals surface area (Å²) in [6.07, 6.45) is 0. The van der Waals surface area contributed by atoms with Gasteiger partial charge in [0.2, 0.25) is 0 Å². The minimum Gasteiger partial charge on any atom is -0.492 e. The molecule has 2 aromatic carbocycles. The molecule has 29 heavy (non-hydrogen) atoms. The van der Waals surface area contributed by atoms with Crippen molar-refractivity contribution in [2.45, 2.75) is 13.1 Å². The van der Waals surface area contributed by atoms with E-state index in [4.69, 9.17) is 9.47 Å². The molecule has 0 atom stereocenters. The van der Waals surface area contributed by atoms with Gasteiger partial charge in [-0.1, -0.05) is 36.4 Å². The van der Waals surface area contributed by atoms with Crippen molar-refractivity contribution in [2.75, 3.05) is 50.9 Å². The fourth-order valence-corrected chi connectivity index (χ4v) is 5.06. The summed E-state index contributed by atoms with van der Waals surface area (Å²) in [6.45, 7) is 5.18. The molecule has 2 aromatic rings. The highest BCUT2D eigenvalue weighted by atomic mass is 32.2. The number of ether oxygens (including phenoxy) is 2. The number of benzene rings is 2. The summed E-state index contributed by atoms with van der Waals surface area (Å²) in [5.41, 5.74) is 2.23. The monoisotopic (exact) mass is 416 g/mol. The molecule has 156 valence electrons. The van der Waals surface area contributed by atoms with E-state index in [1.807, 2.05) is 48.5 Å². The Kier molecular flexibility index (Phi) is 6.37. The first kappa shape index (κ1) is 20.2. The summed E-state index contributed by atoms with van der Waals surface area (Å²) in [5, 5.41) is 0.